The van der Waals surface area contributed by atoms with Crippen molar-refractivity contribution in [3.8, 4) is 0 Å². The summed E-state index contributed by atoms with van der Waals surface area (Å²) < 4.78 is 13.5. The Labute approximate surface area is 86.1 Å². The fourth-order valence-electron chi connectivity index (χ4n) is 1.55. The Bertz CT molecular complexity index is 504. The Morgan fingerprint density at radius 2 is 2.27 bits per heavy atom. The third-order valence-electron chi connectivity index (χ3n) is 2.31. The zero-order chi connectivity index (χ0) is 10.8. The van der Waals surface area contributed by atoms with Crippen LogP contribution in [0.25, 0.3) is 10.9 Å². The van der Waals surface area contributed by atoms with E-state index in [4.69, 9.17) is 5.73 Å². The average Bonchev–Trinajstić information content (AvgIpc) is 2.63. The molecule has 0 atom stereocenters. The number of carbonyl (C=O) groups is 1. The van der Waals surface area contributed by atoms with Crippen molar-refractivity contribution in [3.05, 3.63) is 35.8 Å². The molecule has 0 saturated heterocycles. The van der Waals surface area contributed by atoms with E-state index in [-0.39, 0.29) is 24.3 Å². The van der Waals surface area contributed by atoms with Gasteiger partial charge < -0.3 is 10.7 Å². The summed E-state index contributed by atoms with van der Waals surface area (Å²) in [7, 11) is 0. The van der Waals surface area contributed by atoms with Gasteiger partial charge >= 0.3 is 0 Å². The quantitative estimate of drug-likeness (QED) is 0.753. The monoisotopic (exact) mass is 206 g/mol. The van der Waals surface area contributed by atoms with Crippen molar-refractivity contribution in [3.63, 3.8) is 0 Å². The molecule has 1 heterocycles. The van der Waals surface area contributed by atoms with E-state index in [0.29, 0.717) is 0 Å². The van der Waals surface area contributed by atoms with Crippen LogP contribution < -0.4 is 5.73 Å². The number of aromatic amines is 1. The minimum atomic E-state index is -0.486. The number of nitrogens with one attached hydrogen (secondary N) is 1. The number of hydrogen-bond donors (Lipinski definition) is 2. The van der Waals surface area contributed by atoms with Gasteiger partial charge in [-0.15, -0.1) is 0 Å². The molecule has 3 nitrogen and oxygen atoms in total. The van der Waals surface area contributed by atoms with Gasteiger partial charge in [0, 0.05) is 23.5 Å². The maximum absolute atomic E-state index is 13.5. The number of fused-ring (bicyclic) bond motifs is 1. The molecule has 78 valence electrons. The van der Waals surface area contributed by atoms with Crippen LogP contribution in [0.1, 0.15) is 16.8 Å². The van der Waals surface area contributed by atoms with Gasteiger partial charge in [-0.2, -0.15) is 0 Å². The molecular formula is C11H11FN2O. The lowest BCUT2D eigenvalue weighted by atomic mass is 10.1. The maximum atomic E-state index is 13.5. The van der Waals surface area contributed by atoms with Crippen molar-refractivity contribution >= 4 is 16.7 Å². The Hall–Kier alpha value is -1.68. The van der Waals surface area contributed by atoms with E-state index >= 15 is 0 Å². The van der Waals surface area contributed by atoms with Crippen LogP contribution in [0.15, 0.2) is 24.4 Å². The lowest BCUT2D eigenvalue weighted by molar-refractivity contribution is 0.0981. The molecule has 0 amide bonds. The number of Topliss-reactive ketones (excluding diaryl/α,β-unsaturated/α-hetero) is 1. The van der Waals surface area contributed by atoms with E-state index in [1.807, 2.05) is 0 Å². The van der Waals surface area contributed by atoms with Gasteiger partial charge in [0.25, 0.3) is 0 Å². The van der Waals surface area contributed by atoms with Crippen molar-refractivity contribution < 1.29 is 9.18 Å². The van der Waals surface area contributed by atoms with Gasteiger partial charge in [-0.3, -0.25) is 4.79 Å². The summed E-state index contributed by atoms with van der Waals surface area (Å²) in [6.07, 6.45) is 1.88. The summed E-state index contributed by atoms with van der Waals surface area (Å²) in [4.78, 5) is 14.4. The Morgan fingerprint density at radius 1 is 1.47 bits per heavy atom. The Kier molecular flexibility index (Phi) is 2.51. The summed E-state index contributed by atoms with van der Waals surface area (Å²) >= 11 is 0. The van der Waals surface area contributed by atoms with E-state index in [2.05, 4.69) is 4.98 Å². The van der Waals surface area contributed by atoms with E-state index in [1.165, 1.54) is 12.1 Å². The lowest BCUT2D eigenvalue weighted by Gasteiger charge is -2.01. The van der Waals surface area contributed by atoms with Crippen molar-refractivity contribution in [2.45, 2.75) is 6.42 Å². The van der Waals surface area contributed by atoms with Gasteiger partial charge in [0.2, 0.25) is 0 Å². The molecule has 0 spiro atoms. The molecule has 0 radical (unpaired) electrons. The minimum Gasteiger partial charge on any atom is -0.361 e. The van der Waals surface area contributed by atoms with E-state index in [0.717, 1.165) is 10.9 Å². The number of ketones is 1. The van der Waals surface area contributed by atoms with Crippen LogP contribution in [-0.4, -0.2) is 17.3 Å². The van der Waals surface area contributed by atoms with Crippen LogP contribution in [0, 0.1) is 5.82 Å². The SMILES string of the molecule is NCCC(=O)c1cc2[nH]ccc2cc1F. The molecule has 1 aromatic carbocycles. The molecule has 2 rings (SSSR count). The van der Waals surface area contributed by atoms with Gasteiger partial charge in [-0.05, 0) is 24.7 Å². The smallest absolute Gasteiger partial charge is 0.167 e. The van der Waals surface area contributed by atoms with E-state index < -0.39 is 5.82 Å². The normalized spacial score (nSPS) is 10.8. The molecule has 0 unspecified atom stereocenters. The molecule has 0 aliphatic heterocycles. The fourth-order valence-corrected chi connectivity index (χ4v) is 1.55. The van der Waals surface area contributed by atoms with Crippen molar-refractivity contribution in [2.75, 3.05) is 6.54 Å². The molecule has 3 N–H and O–H groups in total. The number of hydrogen-bond acceptors (Lipinski definition) is 2. The van der Waals surface area contributed by atoms with Crippen molar-refractivity contribution in [2.24, 2.45) is 5.73 Å². The first-order valence-electron chi connectivity index (χ1n) is 4.72. The van der Waals surface area contributed by atoms with Crippen molar-refractivity contribution in [1.29, 1.82) is 0 Å². The van der Waals surface area contributed by atoms with Gasteiger partial charge in [0.05, 0.1) is 5.56 Å². The first-order chi connectivity index (χ1) is 7.22. The summed E-state index contributed by atoms with van der Waals surface area (Å²) in [5, 5.41) is 0.761. The van der Waals surface area contributed by atoms with Gasteiger partial charge in [-0.1, -0.05) is 0 Å². The molecule has 15 heavy (non-hydrogen) atoms. The predicted octanol–water partition coefficient (Wildman–Crippen LogP) is 1.84. The highest BCUT2D eigenvalue weighted by atomic mass is 19.1. The molecule has 0 saturated carbocycles. The number of nitrogens with two attached hydrogens (primary N) is 1. The topological polar surface area (TPSA) is 58.9 Å². The number of carbonyl (C=O) groups excluding carboxylic acids is 1. The van der Waals surface area contributed by atoms with Crippen LogP contribution in [-0.2, 0) is 0 Å². The van der Waals surface area contributed by atoms with Gasteiger partial charge in [-0.25, -0.2) is 4.39 Å². The van der Waals surface area contributed by atoms with E-state index in [1.54, 1.807) is 12.3 Å². The third-order valence-corrected chi connectivity index (χ3v) is 2.31. The Balaban J connectivity index is 2.50. The maximum Gasteiger partial charge on any atom is 0.167 e. The summed E-state index contributed by atoms with van der Waals surface area (Å²) in [5.74, 6) is -0.743. The third kappa shape index (κ3) is 1.76. The number of benzene rings is 1. The number of rotatable bonds is 3. The molecule has 2 aromatic rings. The van der Waals surface area contributed by atoms with Crippen LogP contribution in [0.2, 0.25) is 0 Å². The summed E-state index contributed by atoms with van der Waals surface area (Å²) in [6.45, 7) is 0.237. The molecule has 0 fully saturated rings. The number of aromatic nitrogens is 1. The number of H-pyrrole nitrogens is 1. The molecule has 4 heteroatoms. The highest BCUT2D eigenvalue weighted by molar-refractivity contribution is 5.99. The van der Waals surface area contributed by atoms with Gasteiger partial charge in [0.15, 0.2) is 5.78 Å². The molecular weight excluding hydrogens is 195 g/mol. The van der Waals surface area contributed by atoms with Crippen LogP contribution >= 0.6 is 0 Å². The van der Waals surface area contributed by atoms with Crippen LogP contribution in [0.5, 0.6) is 0 Å². The van der Waals surface area contributed by atoms with Crippen LogP contribution in [0.4, 0.5) is 4.39 Å². The minimum absolute atomic E-state index is 0.107. The molecule has 0 bridgehead atoms. The predicted molar refractivity (Wildman–Crippen MR) is 56.3 cm³/mol. The Morgan fingerprint density at radius 3 is 3.00 bits per heavy atom. The van der Waals surface area contributed by atoms with Crippen molar-refractivity contribution in [1.82, 2.24) is 4.98 Å². The first kappa shape index (κ1) is 9.86. The lowest BCUT2D eigenvalue weighted by Crippen LogP contribution is -2.09. The average molecular weight is 206 g/mol. The fraction of sp³-hybridized carbons (Fsp3) is 0.182. The standard InChI is InChI=1S/C11H11FN2O/c12-9-5-7-2-4-14-10(7)6-8(9)11(15)1-3-13/h2,4-6,14H,1,3,13H2. The van der Waals surface area contributed by atoms with E-state index in [9.17, 15) is 9.18 Å². The molecule has 0 aliphatic carbocycles. The zero-order valence-electron chi connectivity index (χ0n) is 8.09. The second kappa shape index (κ2) is 3.82. The summed E-state index contributed by atoms with van der Waals surface area (Å²) in [5.41, 5.74) is 6.13. The van der Waals surface area contributed by atoms with Gasteiger partial charge in [0.1, 0.15) is 5.82 Å². The zero-order valence-corrected chi connectivity index (χ0v) is 8.09. The second-order valence-corrected chi connectivity index (χ2v) is 3.36. The second-order valence-electron chi connectivity index (χ2n) is 3.36. The highest BCUT2D eigenvalue weighted by Crippen LogP contribution is 2.18. The highest BCUT2D eigenvalue weighted by Gasteiger charge is 2.12. The number of halogens is 1. The molecule has 0 aliphatic rings. The molecule has 1 aromatic heterocycles. The summed E-state index contributed by atoms with van der Waals surface area (Å²) in [6, 6.07) is 4.65. The van der Waals surface area contributed by atoms with Crippen LogP contribution in [0.3, 0.4) is 0 Å². The first-order valence-corrected chi connectivity index (χ1v) is 4.72. The largest absolute Gasteiger partial charge is 0.361 e.